The molecule has 21 heavy (non-hydrogen) atoms. The molecular weight excluding hydrogens is 273 g/mol. The fraction of sp³-hybridized carbons (Fsp3) is 0.188. The monoisotopic (exact) mass is 287 g/mol. The summed E-state index contributed by atoms with van der Waals surface area (Å²) >= 11 is 0. The SMILES string of the molecule is O=C(Cc1cccc(F)c1)NCc1ccc2c(c1)OCO2. The van der Waals surface area contributed by atoms with Gasteiger partial charge in [0.25, 0.3) is 0 Å². The molecule has 0 radical (unpaired) electrons. The summed E-state index contributed by atoms with van der Waals surface area (Å²) in [6.45, 7) is 0.621. The van der Waals surface area contributed by atoms with Gasteiger partial charge in [-0.2, -0.15) is 0 Å². The topological polar surface area (TPSA) is 47.6 Å². The van der Waals surface area contributed by atoms with Crippen LogP contribution in [0.5, 0.6) is 11.5 Å². The van der Waals surface area contributed by atoms with E-state index in [9.17, 15) is 9.18 Å². The second-order valence-electron chi connectivity index (χ2n) is 4.77. The Morgan fingerprint density at radius 2 is 1.95 bits per heavy atom. The van der Waals surface area contributed by atoms with Gasteiger partial charge in [-0.15, -0.1) is 0 Å². The van der Waals surface area contributed by atoms with Crippen molar-refractivity contribution in [1.82, 2.24) is 5.32 Å². The number of amides is 1. The molecule has 1 heterocycles. The molecule has 0 aliphatic carbocycles. The van der Waals surface area contributed by atoms with Crippen molar-refractivity contribution in [2.75, 3.05) is 6.79 Å². The number of hydrogen-bond acceptors (Lipinski definition) is 3. The first-order chi connectivity index (χ1) is 10.2. The van der Waals surface area contributed by atoms with E-state index < -0.39 is 0 Å². The summed E-state index contributed by atoms with van der Waals surface area (Å²) < 4.78 is 23.5. The van der Waals surface area contributed by atoms with E-state index in [1.54, 1.807) is 12.1 Å². The standard InChI is InChI=1S/C16H14FNO3/c17-13-3-1-2-11(6-13)8-16(19)18-9-12-4-5-14-15(7-12)21-10-20-14/h1-7H,8-10H2,(H,18,19). The molecule has 1 N–H and O–H groups in total. The Morgan fingerprint density at radius 3 is 2.81 bits per heavy atom. The quantitative estimate of drug-likeness (QED) is 0.939. The number of carbonyl (C=O) groups excluding carboxylic acids is 1. The molecule has 0 saturated carbocycles. The van der Waals surface area contributed by atoms with Crippen molar-refractivity contribution in [1.29, 1.82) is 0 Å². The lowest BCUT2D eigenvalue weighted by molar-refractivity contribution is -0.120. The first-order valence-corrected chi connectivity index (χ1v) is 6.60. The lowest BCUT2D eigenvalue weighted by Gasteiger charge is -2.06. The summed E-state index contributed by atoms with van der Waals surface area (Å²) in [6.07, 6.45) is 0.155. The van der Waals surface area contributed by atoms with Crippen molar-refractivity contribution in [2.45, 2.75) is 13.0 Å². The third-order valence-electron chi connectivity index (χ3n) is 3.18. The molecule has 108 valence electrons. The minimum absolute atomic E-state index is 0.154. The van der Waals surface area contributed by atoms with Gasteiger partial charge in [-0.1, -0.05) is 18.2 Å². The van der Waals surface area contributed by atoms with Gasteiger partial charge in [-0.3, -0.25) is 4.79 Å². The van der Waals surface area contributed by atoms with Crippen LogP contribution in [0.4, 0.5) is 4.39 Å². The molecule has 0 aromatic heterocycles. The van der Waals surface area contributed by atoms with Crippen LogP contribution in [0.25, 0.3) is 0 Å². The van der Waals surface area contributed by atoms with E-state index >= 15 is 0 Å². The van der Waals surface area contributed by atoms with Crippen molar-refractivity contribution in [3.05, 3.63) is 59.4 Å². The van der Waals surface area contributed by atoms with E-state index in [0.717, 1.165) is 5.56 Å². The Labute approximate surface area is 121 Å². The Bertz CT molecular complexity index is 672. The van der Waals surface area contributed by atoms with Crippen LogP contribution in [0.2, 0.25) is 0 Å². The maximum absolute atomic E-state index is 13.0. The molecule has 5 heteroatoms. The zero-order valence-electron chi connectivity index (χ0n) is 11.3. The van der Waals surface area contributed by atoms with E-state index in [1.807, 2.05) is 18.2 Å². The Balaban J connectivity index is 1.56. The Kier molecular flexibility index (Phi) is 3.73. The number of halogens is 1. The van der Waals surface area contributed by atoms with Gasteiger partial charge in [0.2, 0.25) is 12.7 Å². The van der Waals surface area contributed by atoms with E-state index in [0.29, 0.717) is 23.6 Å². The van der Waals surface area contributed by atoms with Gasteiger partial charge in [0.1, 0.15) is 5.82 Å². The maximum Gasteiger partial charge on any atom is 0.231 e. The predicted molar refractivity (Wildman–Crippen MR) is 74.5 cm³/mol. The average molecular weight is 287 g/mol. The molecule has 4 nitrogen and oxygen atoms in total. The van der Waals surface area contributed by atoms with Gasteiger partial charge in [0.05, 0.1) is 6.42 Å². The highest BCUT2D eigenvalue weighted by atomic mass is 19.1. The van der Waals surface area contributed by atoms with Crippen LogP contribution >= 0.6 is 0 Å². The predicted octanol–water partition coefficient (Wildman–Crippen LogP) is 2.41. The van der Waals surface area contributed by atoms with Gasteiger partial charge in [0, 0.05) is 6.54 Å². The zero-order chi connectivity index (χ0) is 14.7. The summed E-state index contributed by atoms with van der Waals surface area (Å²) in [7, 11) is 0. The number of fused-ring (bicyclic) bond motifs is 1. The minimum Gasteiger partial charge on any atom is -0.454 e. The van der Waals surface area contributed by atoms with Gasteiger partial charge in [-0.25, -0.2) is 4.39 Å². The summed E-state index contributed by atoms with van der Waals surface area (Å²) in [5.74, 6) is 0.908. The number of carbonyl (C=O) groups is 1. The highest BCUT2D eigenvalue weighted by Crippen LogP contribution is 2.32. The number of ether oxygens (including phenoxy) is 2. The molecule has 0 fully saturated rings. The second-order valence-corrected chi connectivity index (χ2v) is 4.77. The van der Waals surface area contributed by atoms with Crippen LogP contribution in [0, 0.1) is 5.82 Å². The largest absolute Gasteiger partial charge is 0.454 e. The normalized spacial score (nSPS) is 12.2. The van der Waals surface area contributed by atoms with Crippen LogP contribution in [0.1, 0.15) is 11.1 Å². The van der Waals surface area contributed by atoms with Crippen molar-refractivity contribution < 1.29 is 18.7 Å². The highest BCUT2D eigenvalue weighted by molar-refractivity contribution is 5.78. The molecule has 2 aromatic rings. The Hall–Kier alpha value is -2.56. The zero-order valence-corrected chi connectivity index (χ0v) is 11.3. The van der Waals surface area contributed by atoms with Gasteiger partial charge >= 0.3 is 0 Å². The molecule has 0 spiro atoms. The van der Waals surface area contributed by atoms with Crippen LogP contribution in [-0.4, -0.2) is 12.7 Å². The molecule has 3 rings (SSSR count). The number of hydrogen-bond donors (Lipinski definition) is 1. The molecule has 0 saturated heterocycles. The van der Waals surface area contributed by atoms with Crippen molar-refractivity contribution in [2.24, 2.45) is 0 Å². The highest BCUT2D eigenvalue weighted by Gasteiger charge is 2.13. The summed E-state index contributed by atoms with van der Waals surface area (Å²) in [5, 5.41) is 2.80. The molecule has 1 aliphatic rings. The van der Waals surface area contributed by atoms with E-state index in [-0.39, 0.29) is 24.9 Å². The summed E-state index contributed by atoms with van der Waals surface area (Å²) in [6, 6.07) is 11.6. The van der Waals surface area contributed by atoms with Crippen molar-refractivity contribution >= 4 is 5.91 Å². The van der Waals surface area contributed by atoms with Crippen LogP contribution in [0.15, 0.2) is 42.5 Å². The molecule has 0 atom stereocenters. The lowest BCUT2D eigenvalue weighted by Crippen LogP contribution is -2.24. The third kappa shape index (κ3) is 3.31. The smallest absolute Gasteiger partial charge is 0.231 e. The van der Waals surface area contributed by atoms with Crippen LogP contribution in [-0.2, 0) is 17.8 Å². The fourth-order valence-electron chi connectivity index (χ4n) is 2.15. The fourth-order valence-corrected chi connectivity index (χ4v) is 2.15. The van der Waals surface area contributed by atoms with E-state index in [2.05, 4.69) is 5.32 Å². The number of nitrogens with one attached hydrogen (secondary N) is 1. The van der Waals surface area contributed by atoms with E-state index in [4.69, 9.17) is 9.47 Å². The van der Waals surface area contributed by atoms with Crippen LogP contribution < -0.4 is 14.8 Å². The number of benzene rings is 2. The summed E-state index contributed by atoms with van der Waals surface area (Å²) in [5.41, 5.74) is 1.57. The van der Waals surface area contributed by atoms with Gasteiger partial charge < -0.3 is 14.8 Å². The third-order valence-corrected chi connectivity index (χ3v) is 3.18. The molecule has 1 aliphatic heterocycles. The van der Waals surface area contributed by atoms with Crippen molar-refractivity contribution in [3.8, 4) is 11.5 Å². The van der Waals surface area contributed by atoms with Crippen molar-refractivity contribution in [3.63, 3.8) is 0 Å². The first-order valence-electron chi connectivity index (χ1n) is 6.60. The summed E-state index contributed by atoms with van der Waals surface area (Å²) in [4.78, 5) is 11.8. The Morgan fingerprint density at radius 1 is 1.10 bits per heavy atom. The molecular formula is C16H14FNO3. The second kappa shape index (κ2) is 5.83. The number of rotatable bonds is 4. The lowest BCUT2D eigenvalue weighted by atomic mass is 10.1. The van der Waals surface area contributed by atoms with E-state index in [1.165, 1.54) is 12.1 Å². The van der Waals surface area contributed by atoms with Gasteiger partial charge in [0.15, 0.2) is 11.5 Å². The molecule has 1 amide bonds. The van der Waals surface area contributed by atoms with Crippen LogP contribution in [0.3, 0.4) is 0 Å². The van der Waals surface area contributed by atoms with Gasteiger partial charge in [-0.05, 0) is 35.4 Å². The molecule has 0 bridgehead atoms. The minimum atomic E-state index is -0.337. The average Bonchev–Trinajstić information content (AvgIpc) is 2.92. The molecule has 0 unspecified atom stereocenters. The first kappa shape index (κ1) is 13.4. The maximum atomic E-state index is 13.0. The molecule has 2 aromatic carbocycles.